The first-order chi connectivity index (χ1) is 8.75. The van der Waals surface area contributed by atoms with E-state index in [1.165, 1.54) is 0 Å². The Kier molecular flexibility index (Phi) is 5.82. The van der Waals surface area contributed by atoms with Crippen molar-refractivity contribution < 1.29 is 4.79 Å². The van der Waals surface area contributed by atoms with Crippen LogP contribution < -0.4 is 11.1 Å². The lowest BCUT2D eigenvalue weighted by atomic mass is 10.1. The monoisotopic (exact) mass is 277 g/mol. The standard InChI is InChI=1S/C14H15N3O.ClH/c15-13-3-1-2-12(10-13)14(18)17-9-6-11-4-7-16-8-5-11;/h1-5,7-8,10H,6,9,15H2,(H,17,18);1H. The number of halogens is 1. The number of hydrogen-bond acceptors (Lipinski definition) is 3. The number of nitrogens with one attached hydrogen (secondary N) is 1. The molecule has 0 unspecified atom stereocenters. The first kappa shape index (κ1) is 15.0. The summed E-state index contributed by atoms with van der Waals surface area (Å²) in [5.41, 5.74) is 7.96. The maximum Gasteiger partial charge on any atom is 0.251 e. The molecule has 0 saturated heterocycles. The minimum atomic E-state index is -0.101. The molecule has 1 aromatic heterocycles. The van der Waals surface area contributed by atoms with Crippen LogP contribution in [0, 0.1) is 0 Å². The lowest BCUT2D eigenvalue weighted by Crippen LogP contribution is -2.25. The number of pyridine rings is 1. The Morgan fingerprint density at radius 3 is 2.63 bits per heavy atom. The minimum absolute atomic E-state index is 0. The quantitative estimate of drug-likeness (QED) is 0.841. The summed E-state index contributed by atoms with van der Waals surface area (Å²) < 4.78 is 0. The van der Waals surface area contributed by atoms with Crippen LogP contribution in [0.1, 0.15) is 15.9 Å². The third-order valence-corrected chi connectivity index (χ3v) is 2.60. The molecule has 0 aliphatic heterocycles. The maximum atomic E-state index is 11.8. The summed E-state index contributed by atoms with van der Waals surface area (Å²) in [6.07, 6.45) is 4.28. The zero-order valence-corrected chi connectivity index (χ0v) is 11.2. The Hall–Kier alpha value is -2.07. The Labute approximate surface area is 118 Å². The van der Waals surface area contributed by atoms with Crippen LogP contribution in [-0.2, 0) is 6.42 Å². The van der Waals surface area contributed by atoms with E-state index < -0.39 is 0 Å². The summed E-state index contributed by atoms with van der Waals surface area (Å²) in [7, 11) is 0. The van der Waals surface area contributed by atoms with Crippen LogP contribution in [0.2, 0.25) is 0 Å². The van der Waals surface area contributed by atoms with Crippen molar-refractivity contribution in [1.29, 1.82) is 0 Å². The molecule has 19 heavy (non-hydrogen) atoms. The number of carbonyl (C=O) groups excluding carboxylic acids is 1. The van der Waals surface area contributed by atoms with Crippen molar-refractivity contribution in [2.75, 3.05) is 12.3 Å². The number of nitrogens with two attached hydrogens (primary N) is 1. The molecular weight excluding hydrogens is 262 g/mol. The number of carbonyl (C=O) groups is 1. The summed E-state index contributed by atoms with van der Waals surface area (Å²) in [4.78, 5) is 15.8. The Morgan fingerprint density at radius 1 is 1.21 bits per heavy atom. The maximum absolute atomic E-state index is 11.8. The Bertz CT molecular complexity index is 531. The van der Waals surface area contributed by atoms with E-state index in [1.807, 2.05) is 12.1 Å². The number of benzene rings is 1. The van der Waals surface area contributed by atoms with E-state index in [-0.39, 0.29) is 18.3 Å². The molecule has 1 aromatic carbocycles. The molecule has 4 nitrogen and oxygen atoms in total. The summed E-state index contributed by atoms with van der Waals surface area (Å²) in [5.74, 6) is -0.101. The van der Waals surface area contributed by atoms with Gasteiger partial charge in [-0.2, -0.15) is 0 Å². The lowest BCUT2D eigenvalue weighted by molar-refractivity contribution is 0.0954. The third-order valence-electron chi connectivity index (χ3n) is 2.60. The second-order valence-electron chi connectivity index (χ2n) is 3.99. The molecule has 2 rings (SSSR count). The molecule has 2 aromatic rings. The first-order valence-corrected chi connectivity index (χ1v) is 5.78. The van der Waals surface area contributed by atoms with E-state index in [4.69, 9.17) is 5.73 Å². The second kappa shape index (κ2) is 7.38. The van der Waals surface area contributed by atoms with Gasteiger partial charge in [-0.3, -0.25) is 9.78 Å². The van der Waals surface area contributed by atoms with Crippen LogP contribution in [0.25, 0.3) is 0 Å². The van der Waals surface area contributed by atoms with E-state index in [1.54, 1.807) is 36.7 Å². The molecular formula is C14H16ClN3O. The molecule has 0 spiro atoms. The molecule has 0 radical (unpaired) electrons. The van der Waals surface area contributed by atoms with E-state index >= 15 is 0 Å². The highest BCUT2D eigenvalue weighted by molar-refractivity contribution is 5.94. The molecule has 1 heterocycles. The van der Waals surface area contributed by atoms with Gasteiger partial charge in [-0.1, -0.05) is 6.07 Å². The highest BCUT2D eigenvalue weighted by atomic mass is 35.5. The van der Waals surface area contributed by atoms with Crippen molar-refractivity contribution in [3.63, 3.8) is 0 Å². The molecule has 1 amide bonds. The van der Waals surface area contributed by atoms with Gasteiger partial charge in [0, 0.05) is 30.2 Å². The van der Waals surface area contributed by atoms with E-state index in [0.29, 0.717) is 17.8 Å². The van der Waals surface area contributed by atoms with Gasteiger partial charge in [-0.15, -0.1) is 12.4 Å². The van der Waals surface area contributed by atoms with Crippen molar-refractivity contribution in [2.24, 2.45) is 0 Å². The number of hydrogen-bond donors (Lipinski definition) is 2. The van der Waals surface area contributed by atoms with Crippen LogP contribution in [-0.4, -0.2) is 17.4 Å². The highest BCUT2D eigenvalue weighted by Crippen LogP contribution is 2.06. The summed E-state index contributed by atoms with van der Waals surface area (Å²) in [6, 6.07) is 10.8. The van der Waals surface area contributed by atoms with Crippen LogP contribution in [0.5, 0.6) is 0 Å². The van der Waals surface area contributed by atoms with Crippen molar-refractivity contribution >= 4 is 24.0 Å². The van der Waals surface area contributed by atoms with Gasteiger partial charge < -0.3 is 11.1 Å². The number of rotatable bonds is 4. The van der Waals surface area contributed by atoms with Crippen LogP contribution in [0.3, 0.4) is 0 Å². The fourth-order valence-electron chi connectivity index (χ4n) is 1.65. The lowest BCUT2D eigenvalue weighted by Gasteiger charge is -2.05. The third kappa shape index (κ3) is 4.60. The topological polar surface area (TPSA) is 68.0 Å². The van der Waals surface area contributed by atoms with E-state index in [0.717, 1.165) is 12.0 Å². The first-order valence-electron chi connectivity index (χ1n) is 5.78. The number of nitrogens with zero attached hydrogens (tertiary/aromatic N) is 1. The second-order valence-corrected chi connectivity index (χ2v) is 3.99. The largest absolute Gasteiger partial charge is 0.399 e. The van der Waals surface area contributed by atoms with Crippen LogP contribution >= 0.6 is 12.4 Å². The molecule has 0 bridgehead atoms. The molecule has 0 aliphatic carbocycles. The molecule has 0 saturated carbocycles. The molecule has 3 N–H and O–H groups in total. The van der Waals surface area contributed by atoms with Gasteiger partial charge >= 0.3 is 0 Å². The molecule has 0 fully saturated rings. The van der Waals surface area contributed by atoms with Gasteiger partial charge in [0.1, 0.15) is 0 Å². The van der Waals surface area contributed by atoms with Crippen LogP contribution in [0.15, 0.2) is 48.8 Å². The zero-order valence-electron chi connectivity index (χ0n) is 10.4. The van der Waals surface area contributed by atoms with Crippen molar-refractivity contribution in [3.05, 3.63) is 59.9 Å². The smallest absolute Gasteiger partial charge is 0.251 e. The average molecular weight is 278 g/mol. The Balaban J connectivity index is 0.00000180. The summed E-state index contributed by atoms with van der Waals surface area (Å²) >= 11 is 0. The van der Waals surface area contributed by atoms with Crippen molar-refractivity contribution in [3.8, 4) is 0 Å². The van der Waals surface area contributed by atoms with Gasteiger partial charge in [0.2, 0.25) is 0 Å². The van der Waals surface area contributed by atoms with E-state index in [9.17, 15) is 4.79 Å². The molecule has 5 heteroatoms. The molecule has 100 valence electrons. The summed E-state index contributed by atoms with van der Waals surface area (Å²) in [6.45, 7) is 0.595. The number of nitrogen functional groups attached to an aromatic ring is 1. The van der Waals surface area contributed by atoms with Crippen LogP contribution in [0.4, 0.5) is 5.69 Å². The summed E-state index contributed by atoms with van der Waals surface area (Å²) in [5, 5.41) is 2.86. The predicted molar refractivity (Wildman–Crippen MR) is 78.4 cm³/mol. The van der Waals surface area contributed by atoms with Gasteiger partial charge in [0.25, 0.3) is 5.91 Å². The predicted octanol–water partition coefficient (Wildman–Crippen LogP) is 2.06. The molecule has 0 atom stereocenters. The van der Waals surface area contributed by atoms with Gasteiger partial charge in [-0.25, -0.2) is 0 Å². The number of anilines is 1. The zero-order chi connectivity index (χ0) is 12.8. The Morgan fingerprint density at radius 2 is 1.95 bits per heavy atom. The SMILES string of the molecule is Cl.Nc1cccc(C(=O)NCCc2ccncc2)c1. The normalized spacial score (nSPS) is 9.47. The number of amides is 1. The molecule has 0 aliphatic rings. The fourth-order valence-corrected chi connectivity index (χ4v) is 1.65. The van der Waals surface area contributed by atoms with Gasteiger partial charge in [0.05, 0.1) is 0 Å². The number of aromatic nitrogens is 1. The average Bonchev–Trinajstić information content (AvgIpc) is 2.40. The van der Waals surface area contributed by atoms with Gasteiger partial charge in [0.15, 0.2) is 0 Å². The minimum Gasteiger partial charge on any atom is -0.399 e. The van der Waals surface area contributed by atoms with E-state index in [2.05, 4.69) is 10.3 Å². The fraction of sp³-hybridized carbons (Fsp3) is 0.143. The highest BCUT2D eigenvalue weighted by Gasteiger charge is 2.04. The van der Waals surface area contributed by atoms with Crippen molar-refractivity contribution in [2.45, 2.75) is 6.42 Å². The van der Waals surface area contributed by atoms with Gasteiger partial charge in [-0.05, 0) is 42.3 Å². The van der Waals surface area contributed by atoms with Crippen molar-refractivity contribution in [1.82, 2.24) is 10.3 Å².